The fourth-order valence-electron chi connectivity index (χ4n) is 2.13. The zero-order valence-electron chi connectivity index (χ0n) is 13.2. The molecule has 2 aromatic heterocycles. The van der Waals surface area contributed by atoms with Gasteiger partial charge < -0.3 is 9.73 Å². The Labute approximate surface area is 152 Å². The SMILES string of the molecule is Cc1ccc(/C=N\NC(=O)CNC(=O)c2sc3ccccc3c2Cl)o1. The summed E-state index contributed by atoms with van der Waals surface area (Å²) in [7, 11) is 0. The number of hydrogen-bond acceptors (Lipinski definition) is 5. The quantitative estimate of drug-likeness (QED) is 0.530. The summed E-state index contributed by atoms with van der Waals surface area (Å²) < 4.78 is 6.20. The predicted octanol–water partition coefficient (Wildman–Crippen LogP) is 3.34. The molecule has 0 aliphatic rings. The van der Waals surface area contributed by atoms with E-state index in [4.69, 9.17) is 16.0 Å². The Bertz CT molecular complexity index is 961. The van der Waals surface area contributed by atoms with E-state index in [0.717, 1.165) is 15.8 Å². The van der Waals surface area contributed by atoms with Crippen LogP contribution < -0.4 is 10.7 Å². The number of amides is 2. The minimum absolute atomic E-state index is 0.210. The Morgan fingerprint density at radius 2 is 2.08 bits per heavy atom. The van der Waals surface area contributed by atoms with Crippen LogP contribution in [0.3, 0.4) is 0 Å². The van der Waals surface area contributed by atoms with Gasteiger partial charge >= 0.3 is 0 Å². The predicted molar refractivity (Wildman–Crippen MR) is 98.3 cm³/mol. The van der Waals surface area contributed by atoms with Crippen molar-refractivity contribution in [2.45, 2.75) is 6.92 Å². The van der Waals surface area contributed by atoms with Crippen molar-refractivity contribution in [1.82, 2.24) is 10.7 Å². The number of thiophene rings is 1. The average Bonchev–Trinajstić information content (AvgIpc) is 3.17. The molecule has 0 aliphatic heterocycles. The van der Waals surface area contributed by atoms with Crippen molar-refractivity contribution in [2.24, 2.45) is 5.10 Å². The number of fused-ring (bicyclic) bond motifs is 1. The Balaban J connectivity index is 1.55. The Kier molecular flexibility index (Phi) is 5.16. The summed E-state index contributed by atoms with van der Waals surface area (Å²) in [6, 6.07) is 11.0. The van der Waals surface area contributed by atoms with Gasteiger partial charge in [-0.15, -0.1) is 11.3 Å². The summed E-state index contributed by atoms with van der Waals surface area (Å²) in [5.41, 5.74) is 2.31. The maximum atomic E-state index is 12.2. The van der Waals surface area contributed by atoms with E-state index >= 15 is 0 Å². The Morgan fingerprint density at radius 3 is 2.80 bits per heavy atom. The molecule has 2 N–H and O–H groups in total. The van der Waals surface area contributed by atoms with Gasteiger partial charge in [0.2, 0.25) is 0 Å². The number of furan rings is 1. The third-order valence-electron chi connectivity index (χ3n) is 3.29. The van der Waals surface area contributed by atoms with Gasteiger partial charge in [-0.2, -0.15) is 5.10 Å². The number of hydrogen-bond donors (Lipinski definition) is 2. The lowest BCUT2D eigenvalue weighted by Crippen LogP contribution is -2.34. The highest BCUT2D eigenvalue weighted by molar-refractivity contribution is 7.21. The molecule has 3 aromatic rings. The van der Waals surface area contributed by atoms with Crippen LogP contribution in [0.4, 0.5) is 0 Å². The van der Waals surface area contributed by atoms with Crippen molar-refractivity contribution in [3.63, 3.8) is 0 Å². The molecule has 0 fully saturated rings. The standard InChI is InChI=1S/C17H14ClN3O3S/c1-10-6-7-11(24-10)8-20-21-14(22)9-19-17(23)16-15(18)12-4-2-3-5-13(12)25-16/h2-8H,9H2,1H3,(H,19,23)(H,21,22)/b20-8-. The molecule has 0 unspecified atom stereocenters. The summed E-state index contributed by atoms with van der Waals surface area (Å²) in [6.07, 6.45) is 1.38. The first kappa shape index (κ1) is 17.2. The summed E-state index contributed by atoms with van der Waals surface area (Å²) in [5.74, 6) is 0.427. The first-order chi connectivity index (χ1) is 12.0. The third-order valence-corrected chi connectivity index (χ3v) is 4.97. The van der Waals surface area contributed by atoms with Crippen LogP contribution >= 0.6 is 22.9 Å². The number of hydrazone groups is 1. The number of halogens is 1. The first-order valence-corrected chi connectivity index (χ1v) is 8.57. The number of aryl methyl sites for hydroxylation is 1. The number of rotatable bonds is 5. The monoisotopic (exact) mass is 375 g/mol. The second-order valence-corrected chi connectivity index (χ2v) is 6.60. The van der Waals surface area contributed by atoms with E-state index in [-0.39, 0.29) is 6.54 Å². The minimum atomic E-state index is -0.454. The number of nitrogens with zero attached hydrogens (tertiary/aromatic N) is 1. The van der Waals surface area contributed by atoms with E-state index in [9.17, 15) is 9.59 Å². The minimum Gasteiger partial charge on any atom is -0.460 e. The van der Waals surface area contributed by atoms with Gasteiger partial charge in [0.15, 0.2) is 0 Å². The van der Waals surface area contributed by atoms with Crippen LogP contribution in [0.2, 0.25) is 5.02 Å². The molecule has 0 saturated heterocycles. The van der Waals surface area contributed by atoms with Gasteiger partial charge in [0.1, 0.15) is 16.4 Å². The molecular formula is C17H14ClN3O3S. The van der Waals surface area contributed by atoms with Crippen LogP contribution in [0.15, 0.2) is 45.9 Å². The number of benzene rings is 1. The average molecular weight is 376 g/mol. The van der Waals surface area contributed by atoms with Crippen LogP contribution in [-0.4, -0.2) is 24.6 Å². The van der Waals surface area contributed by atoms with Crippen LogP contribution in [0, 0.1) is 6.92 Å². The molecule has 0 spiro atoms. The highest BCUT2D eigenvalue weighted by Crippen LogP contribution is 2.34. The lowest BCUT2D eigenvalue weighted by atomic mass is 10.2. The Hall–Kier alpha value is -2.64. The van der Waals surface area contributed by atoms with Crippen LogP contribution in [0.25, 0.3) is 10.1 Å². The molecule has 1 aromatic carbocycles. The Morgan fingerprint density at radius 1 is 1.28 bits per heavy atom. The summed E-state index contributed by atoms with van der Waals surface area (Å²) in [4.78, 5) is 24.3. The van der Waals surface area contributed by atoms with Crippen LogP contribution in [0.5, 0.6) is 0 Å². The number of carbonyl (C=O) groups excluding carboxylic acids is 2. The molecule has 0 radical (unpaired) electrons. The maximum Gasteiger partial charge on any atom is 0.263 e. The third kappa shape index (κ3) is 4.07. The van der Waals surface area contributed by atoms with Gasteiger partial charge in [-0.05, 0) is 25.1 Å². The molecule has 0 atom stereocenters. The van der Waals surface area contributed by atoms with Crippen LogP contribution in [-0.2, 0) is 4.79 Å². The fraction of sp³-hybridized carbons (Fsp3) is 0.118. The molecule has 6 nitrogen and oxygen atoms in total. The molecule has 0 aliphatic carbocycles. The second kappa shape index (κ2) is 7.50. The van der Waals surface area contributed by atoms with E-state index in [1.807, 2.05) is 31.2 Å². The van der Waals surface area contributed by atoms with Crippen molar-refractivity contribution < 1.29 is 14.0 Å². The largest absolute Gasteiger partial charge is 0.460 e. The summed E-state index contributed by atoms with van der Waals surface area (Å²) in [6.45, 7) is 1.60. The lowest BCUT2D eigenvalue weighted by molar-refractivity contribution is -0.120. The van der Waals surface area contributed by atoms with E-state index in [1.54, 1.807) is 12.1 Å². The van der Waals surface area contributed by atoms with E-state index < -0.39 is 11.8 Å². The fourth-order valence-corrected chi connectivity index (χ4v) is 3.56. The molecule has 2 amide bonds. The van der Waals surface area contributed by atoms with Gasteiger partial charge in [-0.1, -0.05) is 29.8 Å². The van der Waals surface area contributed by atoms with Crippen molar-refractivity contribution in [2.75, 3.05) is 6.54 Å². The molecule has 128 valence electrons. The van der Waals surface area contributed by atoms with Crippen molar-refractivity contribution in [1.29, 1.82) is 0 Å². The van der Waals surface area contributed by atoms with Crippen molar-refractivity contribution in [3.8, 4) is 0 Å². The lowest BCUT2D eigenvalue weighted by Gasteiger charge is -2.02. The van der Waals surface area contributed by atoms with E-state index in [1.165, 1.54) is 17.6 Å². The zero-order valence-corrected chi connectivity index (χ0v) is 14.8. The highest BCUT2D eigenvalue weighted by atomic mass is 35.5. The molecule has 8 heteroatoms. The molecule has 0 bridgehead atoms. The summed E-state index contributed by atoms with van der Waals surface area (Å²) >= 11 is 7.52. The molecule has 0 saturated carbocycles. The molecule has 2 heterocycles. The second-order valence-electron chi connectivity index (χ2n) is 5.17. The zero-order chi connectivity index (χ0) is 17.8. The number of carbonyl (C=O) groups is 2. The van der Waals surface area contributed by atoms with Gasteiger partial charge in [-0.25, -0.2) is 5.43 Å². The van der Waals surface area contributed by atoms with E-state index in [0.29, 0.717) is 15.7 Å². The van der Waals surface area contributed by atoms with Crippen LogP contribution in [0.1, 0.15) is 21.2 Å². The first-order valence-electron chi connectivity index (χ1n) is 7.38. The smallest absolute Gasteiger partial charge is 0.263 e. The van der Waals surface area contributed by atoms with Gasteiger partial charge in [0.25, 0.3) is 11.8 Å². The maximum absolute atomic E-state index is 12.2. The van der Waals surface area contributed by atoms with Crippen molar-refractivity contribution >= 4 is 51.1 Å². The normalized spacial score (nSPS) is 11.1. The molecule has 25 heavy (non-hydrogen) atoms. The molecule has 3 rings (SSSR count). The van der Waals surface area contributed by atoms with Gasteiger partial charge in [0, 0.05) is 10.1 Å². The highest BCUT2D eigenvalue weighted by Gasteiger charge is 2.17. The van der Waals surface area contributed by atoms with Crippen molar-refractivity contribution in [3.05, 3.63) is 57.8 Å². The summed E-state index contributed by atoms with van der Waals surface area (Å²) in [5, 5.41) is 7.51. The van der Waals surface area contributed by atoms with Gasteiger partial charge in [0.05, 0.1) is 17.8 Å². The van der Waals surface area contributed by atoms with E-state index in [2.05, 4.69) is 15.8 Å². The number of nitrogens with one attached hydrogen (secondary N) is 2. The molecular weight excluding hydrogens is 362 g/mol. The van der Waals surface area contributed by atoms with Gasteiger partial charge in [-0.3, -0.25) is 9.59 Å². The topological polar surface area (TPSA) is 83.7 Å².